The highest BCUT2D eigenvalue weighted by atomic mass is 16.6. The maximum absolute atomic E-state index is 13.7. The van der Waals surface area contributed by atoms with Crippen LogP contribution in [0.5, 0.6) is 0 Å². The van der Waals surface area contributed by atoms with Gasteiger partial charge in [-0.1, -0.05) is 74.7 Å². The Kier molecular flexibility index (Phi) is 15.6. The Morgan fingerprint density at radius 3 is 1.98 bits per heavy atom. The van der Waals surface area contributed by atoms with Crippen LogP contribution in [-0.4, -0.2) is 96.0 Å². The maximum atomic E-state index is 13.7. The van der Waals surface area contributed by atoms with Crippen LogP contribution in [0.2, 0.25) is 0 Å². The van der Waals surface area contributed by atoms with Crippen molar-refractivity contribution in [2.45, 2.75) is 111 Å². The van der Waals surface area contributed by atoms with Crippen LogP contribution in [0.25, 0.3) is 0 Å². The van der Waals surface area contributed by atoms with E-state index in [2.05, 4.69) is 21.3 Å². The average Bonchev–Trinajstić information content (AvgIpc) is 2.96. The van der Waals surface area contributed by atoms with Crippen molar-refractivity contribution in [1.29, 1.82) is 0 Å². The predicted octanol–water partition coefficient (Wildman–Crippen LogP) is 1.12. The van der Waals surface area contributed by atoms with Gasteiger partial charge in [0.2, 0.25) is 23.6 Å². The number of unbranched alkanes of at least 4 members (excludes halogenated alkanes) is 1. The van der Waals surface area contributed by atoms with E-state index in [9.17, 15) is 33.9 Å². The van der Waals surface area contributed by atoms with Gasteiger partial charge in [-0.15, -0.1) is 0 Å². The number of hydrogen-bond acceptors (Lipinski definition) is 8. The van der Waals surface area contributed by atoms with Crippen molar-refractivity contribution >= 4 is 35.5 Å². The highest BCUT2D eigenvalue weighted by Crippen LogP contribution is 2.22. The Morgan fingerprint density at radius 2 is 1.47 bits per heavy atom. The number of hydrogen-bond donors (Lipinski definition) is 5. The highest BCUT2D eigenvalue weighted by molar-refractivity contribution is 5.97. The molecule has 1 heterocycles. The summed E-state index contributed by atoms with van der Waals surface area (Å²) in [5.41, 5.74) is 0. The molecule has 43 heavy (non-hydrogen) atoms. The standard InChI is InChI=1S/C30H53N5O8/c1-10-12-13-22-19(8)29(41)35(9)25(18(7)11-2)28(40)34-24(17(5)6)27(39)32-20(15-36)26(38)33-23(16(3)4)21(37)14-31-30(42)43-22/h16-20,22-25,36H,10-15H2,1-9H3,(H,31,42)(H,32,39)(H,33,38)(H,34,40)/t18-,19+,20+,22+,23+,24+,25+/m1/s1. The fourth-order valence-corrected chi connectivity index (χ4v) is 5.02. The van der Waals surface area contributed by atoms with Crippen molar-refractivity contribution in [3.05, 3.63) is 0 Å². The SMILES string of the molecule is CCCC[C@@H]1OC(=O)NCC(=O)[C@H](C(C)C)NC(=O)[C@H](CO)NC(=O)[C@H](C(C)C)NC(=O)[C@H]([C@H](C)CC)N(C)C(=O)[C@H]1C. The molecule has 0 radical (unpaired) electrons. The normalized spacial score (nSPS) is 28.2. The molecule has 0 unspecified atom stereocenters. The Morgan fingerprint density at radius 1 is 0.884 bits per heavy atom. The van der Waals surface area contributed by atoms with E-state index in [1.54, 1.807) is 34.6 Å². The Bertz CT molecular complexity index is 988. The third-order valence-corrected chi connectivity index (χ3v) is 8.04. The number of ketones is 1. The van der Waals surface area contributed by atoms with E-state index in [0.29, 0.717) is 19.3 Å². The second kappa shape index (κ2) is 17.8. The third kappa shape index (κ3) is 10.8. The van der Waals surface area contributed by atoms with Crippen LogP contribution in [0, 0.1) is 23.7 Å². The summed E-state index contributed by atoms with van der Waals surface area (Å²) < 4.78 is 5.63. The number of alkyl carbamates (subject to hydrolysis) is 1. The van der Waals surface area contributed by atoms with Crippen LogP contribution in [0.15, 0.2) is 0 Å². The van der Waals surface area contributed by atoms with Crippen molar-refractivity contribution in [2.75, 3.05) is 20.2 Å². The van der Waals surface area contributed by atoms with Crippen LogP contribution in [0.3, 0.4) is 0 Å². The first-order chi connectivity index (χ1) is 20.1. The van der Waals surface area contributed by atoms with Gasteiger partial charge in [0, 0.05) is 7.05 Å². The molecular weight excluding hydrogens is 558 g/mol. The van der Waals surface area contributed by atoms with Gasteiger partial charge >= 0.3 is 6.09 Å². The lowest BCUT2D eigenvalue weighted by molar-refractivity contribution is -0.147. The van der Waals surface area contributed by atoms with E-state index in [1.807, 2.05) is 20.8 Å². The molecule has 1 fully saturated rings. The number of ether oxygens (including phenoxy) is 1. The van der Waals surface area contributed by atoms with Crippen LogP contribution < -0.4 is 21.3 Å². The molecular formula is C30H53N5O8. The minimum Gasteiger partial charge on any atom is -0.445 e. The molecule has 1 saturated heterocycles. The zero-order valence-corrected chi connectivity index (χ0v) is 27.2. The lowest BCUT2D eigenvalue weighted by Crippen LogP contribution is -2.61. The smallest absolute Gasteiger partial charge is 0.407 e. The second-order valence-electron chi connectivity index (χ2n) is 12.2. The number of aliphatic hydroxyl groups excluding tert-OH is 1. The molecule has 1 rings (SSSR count). The number of Topliss-reactive ketones (excluding diaryl/α,β-unsaturated/α-hetero) is 1. The molecule has 7 atom stereocenters. The van der Waals surface area contributed by atoms with Gasteiger partial charge < -0.3 is 36.0 Å². The largest absolute Gasteiger partial charge is 0.445 e. The summed E-state index contributed by atoms with van der Waals surface area (Å²) in [6.45, 7) is 12.9. The molecule has 0 aromatic carbocycles. The molecule has 0 bridgehead atoms. The van der Waals surface area contributed by atoms with E-state index in [0.717, 1.165) is 6.42 Å². The van der Waals surface area contributed by atoms with Crippen molar-refractivity contribution < 1.29 is 38.6 Å². The van der Waals surface area contributed by atoms with Crippen molar-refractivity contribution in [3.8, 4) is 0 Å². The third-order valence-electron chi connectivity index (χ3n) is 8.04. The summed E-state index contributed by atoms with van der Waals surface area (Å²) in [7, 11) is 1.51. The molecule has 1 aliphatic rings. The van der Waals surface area contributed by atoms with Gasteiger partial charge in [-0.05, 0) is 24.2 Å². The molecule has 0 spiro atoms. The fourth-order valence-electron chi connectivity index (χ4n) is 5.02. The molecule has 13 heteroatoms. The molecule has 0 aromatic rings. The molecule has 246 valence electrons. The first-order valence-corrected chi connectivity index (χ1v) is 15.4. The number of carbonyl (C=O) groups is 6. The molecule has 13 nitrogen and oxygen atoms in total. The van der Waals surface area contributed by atoms with Gasteiger partial charge in [-0.2, -0.15) is 0 Å². The van der Waals surface area contributed by atoms with Gasteiger partial charge in [-0.3, -0.25) is 24.0 Å². The Hall–Kier alpha value is -3.22. The zero-order valence-electron chi connectivity index (χ0n) is 27.2. The summed E-state index contributed by atoms with van der Waals surface area (Å²) in [5.74, 6) is -4.87. The van der Waals surface area contributed by atoms with Crippen LogP contribution in [0.1, 0.15) is 81.1 Å². The number of aliphatic hydroxyl groups is 1. The monoisotopic (exact) mass is 611 g/mol. The number of carbonyl (C=O) groups excluding carboxylic acids is 6. The topological polar surface area (TPSA) is 183 Å². The summed E-state index contributed by atoms with van der Waals surface area (Å²) in [6, 6.07) is -4.48. The number of amides is 5. The molecule has 0 saturated carbocycles. The van der Waals surface area contributed by atoms with Crippen molar-refractivity contribution in [2.24, 2.45) is 23.7 Å². The summed E-state index contributed by atoms with van der Waals surface area (Å²) >= 11 is 0. The average molecular weight is 612 g/mol. The zero-order chi connectivity index (χ0) is 33.0. The summed E-state index contributed by atoms with van der Waals surface area (Å²) in [5, 5.41) is 20.1. The number of cyclic esters (lactones) is 1. The molecule has 0 aromatic heterocycles. The van der Waals surface area contributed by atoms with E-state index < -0.39 is 90.8 Å². The molecule has 5 N–H and O–H groups in total. The fraction of sp³-hybridized carbons (Fsp3) is 0.800. The molecule has 1 aliphatic heterocycles. The lowest BCUT2D eigenvalue weighted by Gasteiger charge is -2.36. The molecule has 0 aliphatic carbocycles. The van der Waals surface area contributed by atoms with Gasteiger partial charge in [0.05, 0.1) is 25.1 Å². The quantitative estimate of drug-likeness (QED) is 0.270. The highest BCUT2D eigenvalue weighted by Gasteiger charge is 2.39. The first-order valence-electron chi connectivity index (χ1n) is 15.4. The van der Waals surface area contributed by atoms with Crippen LogP contribution in [-0.2, 0) is 28.7 Å². The van der Waals surface area contributed by atoms with E-state index in [-0.39, 0.29) is 11.8 Å². The lowest BCUT2D eigenvalue weighted by atomic mass is 9.92. The Balaban J connectivity index is 3.60. The second-order valence-corrected chi connectivity index (χ2v) is 12.2. The van der Waals surface area contributed by atoms with E-state index >= 15 is 0 Å². The minimum absolute atomic E-state index is 0.292. The number of likely N-dealkylation sites (N-methyl/N-ethyl adjacent to an activating group) is 1. The van der Waals surface area contributed by atoms with Gasteiger partial charge in [0.15, 0.2) is 5.78 Å². The number of nitrogens with one attached hydrogen (secondary N) is 4. The van der Waals surface area contributed by atoms with Crippen LogP contribution >= 0.6 is 0 Å². The molecule has 5 amide bonds. The van der Waals surface area contributed by atoms with Crippen molar-refractivity contribution in [1.82, 2.24) is 26.2 Å². The summed E-state index contributed by atoms with van der Waals surface area (Å²) in [6.07, 6.45) is 0.692. The number of nitrogens with zero attached hydrogens (tertiary/aromatic N) is 1. The summed E-state index contributed by atoms with van der Waals surface area (Å²) in [4.78, 5) is 81.0. The van der Waals surface area contributed by atoms with Crippen molar-refractivity contribution in [3.63, 3.8) is 0 Å². The van der Waals surface area contributed by atoms with Gasteiger partial charge in [-0.25, -0.2) is 4.79 Å². The van der Waals surface area contributed by atoms with Crippen LogP contribution in [0.4, 0.5) is 4.79 Å². The van der Waals surface area contributed by atoms with Gasteiger partial charge in [0.1, 0.15) is 24.2 Å². The van der Waals surface area contributed by atoms with E-state index in [1.165, 1.54) is 11.9 Å². The minimum atomic E-state index is -1.41. The Labute approximate surface area is 255 Å². The predicted molar refractivity (Wildman–Crippen MR) is 161 cm³/mol. The maximum Gasteiger partial charge on any atom is 0.407 e. The first kappa shape index (κ1) is 37.8. The van der Waals surface area contributed by atoms with E-state index in [4.69, 9.17) is 4.74 Å². The van der Waals surface area contributed by atoms with Gasteiger partial charge in [0.25, 0.3) is 0 Å². The number of rotatable bonds is 8.